The topological polar surface area (TPSA) is 111 Å². The first-order valence-corrected chi connectivity index (χ1v) is 11.6. The number of methoxy groups -OCH3 is 1. The van der Waals surface area contributed by atoms with E-state index in [0.717, 1.165) is 5.56 Å². The molecule has 4 aromatic rings. The van der Waals surface area contributed by atoms with Gasteiger partial charge in [-0.25, -0.2) is 8.42 Å². The van der Waals surface area contributed by atoms with Crippen LogP contribution in [-0.4, -0.2) is 26.4 Å². The lowest BCUT2D eigenvalue weighted by atomic mass is 10.1. The summed E-state index contributed by atoms with van der Waals surface area (Å²) in [5.41, 5.74) is 8.70. The molecule has 33 heavy (non-hydrogen) atoms. The zero-order chi connectivity index (χ0) is 23.8. The molecule has 0 bridgehead atoms. The van der Waals surface area contributed by atoms with Gasteiger partial charge in [0.05, 0.1) is 33.7 Å². The number of aryl methyl sites for hydroxylation is 2. The number of carbonyl (C=O) groups excluding carboxylic acids is 1. The molecule has 0 aliphatic rings. The van der Waals surface area contributed by atoms with Gasteiger partial charge in [0.15, 0.2) is 0 Å². The number of carbonyl (C=O) groups is 1. The number of nitrogens with zero attached hydrogens (tertiary/aromatic N) is 1. The summed E-state index contributed by atoms with van der Waals surface area (Å²) in [4.78, 5) is 16.8. The molecule has 3 N–H and O–H groups in total. The number of aromatic nitrogens is 1. The van der Waals surface area contributed by atoms with Crippen molar-refractivity contribution in [2.24, 2.45) is 5.73 Å². The third kappa shape index (κ3) is 4.25. The highest BCUT2D eigenvalue weighted by molar-refractivity contribution is 7.91. The minimum absolute atomic E-state index is 0.0612. The molecule has 0 aliphatic carbocycles. The maximum absolute atomic E-state index is 13.5. The molecule has 0 atom stereocenters. The van der Waals surface area contributed by atoms with Crippen molar-refractivity contribution in [1.29, 1.82) is 0 Å². The lowest BCUT2D eigenvalue weighted by molar-refractivity contribution is 0.100. The number of benzene rings is 3. The third-order valence-electron chi connectivity index (χ3n) is 5.31. The monoisotopic (exact) mass is 461 g/mol. The van der Waals surface area contributed by atoms with Crippen LogP contribution in [0.15, 0.2) is 76.7 Å². The van der Waals surface area contributed by atoms with Crippen LogP contribution in [0.5, 0.6) is 5.75 Å². The fourth-order valence-electron chi connectivity index (χ4n) is 3.62. The molecule has 0 aliphatic heterocycles. The molecule has 0 radical (unpaired) electrons. The summed E-state index contributed by atoms with van der Waals surface area (Å²) in [6.45, 7) is 3.68. The smallest absolute Gasteiger partial charge is 0.252 e. The Kier molecular flexibility index (Phi) is 5.78. The molecule has 8 heteroatoms. The number of ether oxygens (including phenoxy) is 1. The molecule has 1 amide bonds. The molecule has 3 aromatic carbocycles. The molecule has 0 saturated heterocycles. The highest BCUT2D eigenvalue weighted by Crippen LogP contribution is 2.35. The number of nitrogens with one attached hydrogen (secondary N) is 1. The number of sulfone groups is 1. The third-order valence-corrected chi connectivity index (χ3v) is 7.09. The number of fused-ring (bicyclic) bond motifs is 1. The van der Waals surface area contributed by atoms with Gasteiger partial charge in [0, 0.05) is 23.3 Å². The SMILES string of the molecule is COc1cccc(Nc2c(C(N)=O)cnc3c(S(=O)(=O)c4ccc(C)cc4)cc(C)cc23)c1. The molecule has 4 rings (SSSR count). The van der Waals surface area contributed by atoms with Crippen molar-refractivity contribution in [2.45, 2.75) is 23.6 Å². The van der Waals surface area contributed by atoms with Gasteiger partial charge in [-0.05, 0) is 55.8 Å². The average molecular weight is 462 g/mol. The van der Waals surface area contributed by atoms with E-state index >= 15 is 0 Å². The van der Waals surface area contributed by atoms with Crippen molar-refractivity contribution in [3.63, 3.8) is 0 Å². The molecule has 1 aromatic heterocycles. The van der Waals surface area contributed by atoms with Crippen molar-refractivity contribution in [3.05, 3.63) is 83.6 Å². The van der Waals surface area contributed by atoms with E-state index in [-0.39, 0.29) is 20.9 Å². The number of hydrogen-bond acceptors (Lipinski definition) is 6. The van der Waals surface area contributed by atoms with Crippen LogP contribution in [0.3, 0.4) is 0 Å². The van der Waals surface area contributed by atoms with E-state index in [1.54, 1.807) is 74.7 Å². The minimum atomic E-state index is -3.86. The summed E-state index contributed by atoms with van der Waals surface area (Å²) < 4.78 is 32.3. The Hall–Kier alpha value is -3.91. The molecule has 0 saturated carbocycles. The van der Waals surface area contributed by atoms with Crippen LogP contribution < -0.4 is 15.8 Å². The van der Waals surface area contributed by atoms with Gasteiger partial charge in [0.1, 0.15) is 5.75 Å². The van der Waals surface area contributed by atoms with Crippen molar-refractivity contribution in [1.82, 2.24) is 4.98 Å². The van der Waals surface area contributed by atoms with Crippen LogP contribution in [0.4, 0.5) is 11.4 Å². The van der Waals surface area contributed by atoms with E-state index in [1.807, 2.05) is 6.92 Å². The Bertz CT molecular complexity index is 1480. The predicted molar refractivity (Wildman–Crippen MR) is 128 cm³/mol. The van der Waals surface area contributed by atoms with Gasteiger partial charge in [-0.15, -0.1) is 0 Å². The van der Waals surface area contributed by atoms with E-state index in [9.17, 15) is 13.2 Å². The number of nitrogens with two attached hydrogens (primary N) is 1. The van der Waals surface area contributed by atoms with Crippen molar-refractivity contribution in [2.75, 3.05) is 12.4 Å². The van der Waals surface area contributed by atoms with Gasteiger partial charge in [-0.1, -0.05) is 23.8 Å². The van der Waals surface area contributed by atoms with E-state index in [1.165, 1.54) is 6.20 Å². The maximum atomic E-state index is 13.5. The van der Waals surface area contributed by atoms with Crippen LogP contribution >= 0.6 is 0 Å². The Balaban J connectivity index is 1.98. The Morgan fingerprint density at radius 1 is 1.00 bits per heavy atom. The Labute approximate surface area is 192 Å². The van der Waals surface area contributed by atoms with Gasteiger partial charge in [0.25, 0.3) is 5.91 Å². The highest BCUT2D eigenvalue weighted by atomic mass is 32.2. The molecular weight excluding hydrogens is 438 g/mol. The zero-order valence-corrected chi connectivity index (χ0v) is 19.2. The summed E-state index contributed by atoms with van der Waals surface area (Å²) in [6.07, 6.45) is 1.30. The first-order chi connectivity index (χ1) is 15.7. The van der Waals surface area contributed by atoms with Crippen LogP contribution in [0, 0.1) is 13.8 Å². The summed E-state index contributed by atoms with van der Waals surface area (Å²) in [7, 11) is -2.31. The van der Waals surface area contributed by atoms with Crippen molar-refractivity contribution < 1.29 is 17.9 Å². The number of amides is 1. The molecule has 0 spiro atoms. The average Bonchev–Trinajstić information content (AvgIpc) is 2.79. The summed E-state index contributed by atoms with van der Waals surface area (Å²) in [5.74, 6) is -0.0583. The lowest BCUT2D eigenvalue weighted by Crippen LogP contribution is -2.15. The van der Waals surface area contributed by atoms with E-state index in [2.05, 4.69) is 10.3 Å². The molecule has 1 heterocycles. The standard InChI is InChI=1S/C25H23N3O4S/c1-15-7-9-19(10-8-15)33(30,31)22-12-16(2)11-20-23(21(25(26)29)14-27-24(20)22)28-17-5-4-6-18(13-17)32-3/h4-14H,1-3H3,(H2,26,29)(H,27,28). The van der Waals surface area contributed by atoms with Crippen LogP contribution in [0.1, 0.15) is 21.5 Å². The Morgan fingerprint density at radius 3 is 2.39 bits per heavy atom. The molecule has 7 nitrogen and oxygen atoms in total. The van der Waals surface area contributed by atoms with Gasteiger partial charge < -0.3 is 15.8 Å². The first kappa shape index (κ1) is 22.3. The summed E-state index contributed by atoms with van der Waals surface area (Å²) in [5, 5.41) is 3.68. The largest absolute Gasteiger partial charge is 0.497 e. The number of pyridine rings is 1. The summed E-state index contributed by atoms with van der Waals surface area (Å²) in [6, 6.07) is 17.2. The fourth-order valence-corrected chi connectivity index (χ4v) is 5.13. The molecule has 168 valence electrons. The predicted octanol–water partition coefficient (Wildman–Crippen LogP) is 4.54. The van der Waals surface area contributed by atoms with E-state index < -0.39 is 15.7 Å². The van der Waals surface area contributed by atoms with E-state index in [4.69, 9.17) is 10.5 Å². The van der Waals surface area contributed by atoms with Crippen LogP contribution in [0.2, 0.25) is 0 Å². The second-order valence-corrected chi connectivity index (χ2v) is 9.66. The van der Waals surface area contributed by atoms with Gasteiger partial charge >= 0.3 is 0 Å². The van der Waals surface area contributed by atoms with Crippen LogP contribution in [-0.2, 0) is 9.84 Å². The van der Waals surface area contributed by atoms with Crippen molar-refractivity contribution in [3.8, 4) is 5.75 Å². The maximum Gasteiger partial charge on any atom is 0.252 e. The Morgan fingerprint density at radius 2 is 1.73 bits per heavy atom. The van der Waals surface area contributed by atoms with Gasteiger partial charge in [0.2, 0.25) is 9.84 Å². The van der Waals surface area contributed by atoms with Gasteiger partial charge in [-0.3, -0.25) is 9.78 Å². The zero-order valence-electron chi connectivity index (χ0n) is 18.4. The van der Waals surface area contributed by atoms with Gasteiger partial charge in [-0.2, -0.15) is 0 Å². The molecular formula is C25H23N3O4S. The first-order valence-electron chi connectivity index (χ1n) is 10.2. The number of primary amides is 1. The van der Waals surface area contributed by atoms with E-state index in [0.29, 0.717) is 28.1 Å². The second kappa shape index (κ2) is 8.55. The number of rotatable bonds is 6. The minimum Gasteiger partial charge on any atom is -0.497 e. The quantitative estimate of drug-likeness (QED) is 0.436. The number of anilines is 2. The normalized spacial score (nSPS) is 11.4. The van der Waals surface area contributed by atoms with Crippen molar-refractivity contribution >= 4 is 38.0 Å². The summed E-state index contributed by atoms with van der Waals surface area (Å²) >= 11 is 0. The highest BCUT2D eigenvalue weighted by Gasteiger charge is 2.24. The molecule has 0 unspecified atom stereocenters. The second-order valence-electron chi connectivity index (χ2n) is 7.74. The lowest BCUT2D eigenvalue weighted by Gasteiger charge is -2.16. The fraction of sp³-hybridized carbons (Fsp3) is 0.120. The van der Waals surface area contributed by atoms with Crippen LogP contribution in [0.25, 0.3) is 10.9 Å². The number of hydrogen-bond donors (Lipinski definition) is 2. The molecule has 0 fully saturated rings.